The van der Waals surface area contributed by atoms with Gasteiger partial charge in [0.15, 0.2) is 0 Å². The average molecular weight is 576 g/mol. The van der Waals surface area contributed by atoms with Crippen molar-refractivity contribution in [2.75, 3.05) is 23.7 Å². The Kier molecular flexibility index (Phi) is 9.95. The van der Waals surface area contributed by atoms with E-state index in [0.717, 1.165) is 38.2 Å². The Labute approximate surface area is 244 Å². The number of amides is 1. The van der Waals surface area contributed by atoms with Gasteiger partial charge in [-0.2, -0.15) is 0 Å². The lowest BCUT2D eigenvalue weighted by Crippen LogP contribution is -2.38. The topological polar surface area (TPSA) is 90.9 Å². The van der Waals surface area contributed by atoms with Crippen LogP contribution in [0.5, 0.6) is 11.5 Å². The molecular weight excluding hydrogens is 545 g/mol. The van der Waals surface area contributed by atoms with Crippen molar-refractivity contribution in [3.63, 3.8) is 0 Å². The van der Waals surface area contributed by atoms with E-state index in [1.165, 1.54) is 42.0 Å². The zero-order valence-corrected chi connectivity index (χ0v) is 23.1. The average Bonchev–Trinajstić information content (AvgIpc) is 2.97. The molecule has 212 valence electrons. The van der Waals surface area contributed by atoms with Gasteiger partial charge in [0.25, 0.3) is 5.91 Å². The van der Waals surface area contributed by atoms with E-state index in [-0.39, 0.29) is 29.7 Å². The fourth-order valence-corrected chi connectivity index (χ4v) is 4.65. The van der Waals surface area contributed by atoms with Gasteiger partial charge in [-0.15, -0.1) is 12.4 Å². The van der Waals surface area contributed by atoms with Crippen LogP contribution >= 0.6 is 12.4 Å². The van der Waals surface area contributed by atoms with Crippen LogP contribution in [0.15, 0.2) is 97.1 Å². The summed E-state index contributed by atoms with van der Waals surface area (Å²) in [6, 6.07) is 27.8. The number of rotatable bonds is 9. The molecule has 0 atom stereocenters. The first-order valence-corrected chi connectivity index (χ1v) is 13.2. The third-order valence-electron chi connectivity index (χ3n) is 6.87. The highest BCUT2D eigenvalue weighted by atomic mass is 35.5. The summed E-state index contributed by atoms with van der Waals surface area (Å²) in [7, 11) is 0. The van der Waals surface area contributed by atoms with Crippen molar-refractivity contribution in [3.05, 3.63) is 120 Å². The van der Waals surface area contributed by atoms with Crippen LogP contribution in [-0.2, 0) is 6.54 Å². The summed E-state index contributed by atoms with van der Waals surface area (Å²) in [4.78, 5) is 25.9. The first-order valence-electron chi connectivity index (χ1n) is 13.2. The summed E-state index contributed by atoms with van der Waals surface area (Å²) >= 11 is 0. The number of nitrogens with one attached hydrogen (secondary N) is 2. The van der Waals surface area contributed by atoms with Crippen LogP contribution in [0, 0.1) is 5.82 Å². The molecule has 0 spiro atoms. The maximum atomic E-state index is 13.1. The number of likely N-dealkylation sites (tertiary alicyclic amines) is 1. The number of benzene rings is 4. The number of hydrogen-bond donors (Lipinski definition) is 3. The van der Waals surface area contributed by atoms with E-state index >= 15 is 0 Å². The summed E-state index contributed by atoms with van der Waals surface area (Å²) in [6.07, 6.45) is 2.03. The van der Waals surface area contributed by atoms with Crippen LogP contribution in [-0.4, -0.2) is 41.0 Å². The number of halogens is 2. The molecule has 1 saturated heterocycles. The van der Waals surface area contributed by atoms with Crippen LogP contribution in [0.1, 0.15) is 39.1 Å². The molecule has 0 radical (unpaired) electrons. The van der Waals surface area contributed by atoms with Crippen molar-refractivity contribution in [3.8, 4) is 11.5 Å². The standard InChI is InChI=1S/C32H30FN3O4.ClH/c33-25-7-11-27(12-8-25)35-31(37)23-3-9-26(10-4-23)34-28-17-19-36(20-18-28)21-22-1-13-29(14-2-22)40-30-15-5-24(6-16-30)32(38)39;/h1-16,28,34H,17-21H2,(H,35,37)(H,38,39);1H. The van der Waals surface area contributed by atoms with E-state index in [0.29, 0.717) is 28.8 Å². The van der Waals surface area contributed by atoms with Gasteiger partial charge < -0.3 is 20.5 Å². The molecule has 1 heterocycles. The summed E-state index contributed by atoms with van der Waals surface area (Å²) in [5.74, 6) is -0.246. The highest BCUT2D eigenvalue weighted by Gasteiger charge is 2.19. The maximum Gasteiger partial charge on any atom is 0.335 e. The van der Waals surface area contributed by atoms with Gasteiger partial charge >= 0.3 is 5.97 Å². The van der Waals surface area contributed by atoms with Crippen LogP contribution < -0.4 is 15.4 Å². The van der Waals surface area contributed by atoms with Gasteiger partial charge in [-0.3, -0.25) is 9.69 Å². The molecule has 9 heteroatoms. The van der Waals surface area contributed by atoms with E-state index < -0.39 is 5.97 Å². The van der Waals surface area contributed by atoms with Gasteiger partial charge in [0, 0.05) is 42.6 Å². The first-order chi connectivity index (χ1) is 19.4. The number of nitrogens with zero attached hydrogens (tertiary/aromatic N) is 1. The minimum atomic E-state index is -0.962. The van der Waals surface area contributed by atoms with E-state index in [4.69, 9.17) is 9.84 Å². The van der Waals surface area contributed by atoms with Crippen molar-refractivity contribution in [1.82, 2.24) is 4.90 Å². The Morgan fingerprint density at radius 2 is 1.32 bits per heavy atom. The molecule has 0 saturated carbocycles. The minimum Gasteiger partial charge on any atom is -0.478 e. The Balaban J connectivity index is 0.00000387. The highest BCUT2D eigenvalue weighted by molar-refractivity contribution is 6.04. The summed E-state index contributed by atoms with van der Waals surface area (Å²) < 4.78 is 18.9. The third kappa shape index (κ3) is 8.30. The lowest BCUT2D eigenvalue weighted by Gasteiger charge is -2.33. The van der Waals surface area contributed by atoms with Crippen LogP contribution in [0.3, 0.4) is 0 Å². The lowest BCUT2D eigenvalue weighted by molar-refractivity contribution is 0.0696. The summed E-state index contributed by atoms with van der Waals surface area (Å²) in [6.45, 7) is 2.81. The summed E-state index contributed by atoms with van der Waals surface area (Å²) in [5, 5.41) is 15.4. The Morgan fingerprint density at radius 3 is 1.90 bits per heavy atom. The summed E-state index contributed by atoms with van der Waals surface area (Å²) in [5.41, 5.74) is 3.50. The Morgan fingerprint density at radius 1 is 0.780 bits per heavy atom. The second-order valence-electron chi connectivity index (χ2n) is 9.81. The molecule has 5 rings (SSSR count). The molecule has 0 bridgehead atoms. The van der Waals surface area contributed by atoms with Gasteiger partial charge in [0.1, 0.15) is 17.3 Å². The smallest absolute Gasteiger partial charge is 0.335 e. The number of carbonyl (C=O) groups excluding carboxylic acids is 1. The van der Waals surface area contributed by atoms with Crippen molar-refractivity contribution < 1.29 is 23.8 Å². The van der Waals surface area contributed by atoms with E-state index in [9.17, 15) is 14.0 Å². The number of anilines is 2. The number of ether oxygens (including phenoxy) is 1. The zero-order chi connectivity index (χ0) is 27.9. The van der Waals surface area contributed by atoms with Crippen LogP contribution in [0.25, 0.3) is 0 Å². The van der Waals surface area contributed by atoms with Gasteiger partial charge in [0.2, 0.25) is 0 Å². The Bertz CT molecular complexity index is 1440. The van der Waals surface area contributed by atoms with Crippen molar-refractivity contribution in [2.45, 2.75) is 25.4 Å². The number of carbonyl (C=O) groups is 2. The molecule has 3 N–H and O–H groups in total. The van der Waals surface area contributed by atoms with Crippen LogP contribution in [0.4, 0.5) is 15.8 Å². The second-order valence-corrected chi connectivity index (χ2v) is 9.81. The number of carboxylic acid groups (broad SMARTS) is 1. The molecule has 41 heavy (non-hydrogen) atoms. The van der Waals surface area contributed by atoms with E-state index in [1.807, 2.05) is 24.3 Å². The van der Waals surface area contributed by atoms with E-state index in [2.05, 4.69) is 27.7 Å². The highest BCUT2D eigenvalue weighted by Crippen LogP contribution is 2.24. The largest absolute Gasteiger partial charge is 0.478 e. The fourth-order valence-electron chi connectivity index (χ4n) is 4.65. The van der Waals surface area contributed by atoms with Crippen molar-refractivity contribution in [1.29, 1.82) is 0 Å². The van der Waals surface area contributed by atoms with Gasteiger partial charge in [-0.25, -0.2) is 9.18 Å². The first kappa shape index (κ1) is 29.6. The number of aromatic carboxylic acids is 1. The quantitative estimate of drug-likeness (QED) is 0.198. The van der Waals surface area contributed by atoms with Crippen LogP contribution in [0.2, 0.25) is 0 Å². The fraction of sp³-hybridized carbons (Fsp3) is 0.188. The molecule has 1 amide bonds. The number of carboxylic acids is 1. The molecule has 0 unspecified atom stereocenters. The predicted molar refractivity (Wildman–Crippen MR) is 160 cm³/mol. The lowest BCUT2D eigenvalue weighted by atomic mass is 10.0. The molecule has 4 aromatic rings. The second kappa shape index (κ2) is 13.8. The van der Waals surface area contributed by atoms with E-state index in [1.54, 1.807) is 24.3 Å². The van der Waals surface area contributed by atoms with Crippen molar-refractivity contribution in [2.24, 2.45) is 0 Å². The SMILES string of the molecule is Cl.O=C(O)c1ccc(Oc2ccc(CN3CCC(Nc4ccc(C(=O)Nc5ccc(F)cc5)cc4)CC3)cc2)cc1. The van der Waals surface area contributed by atoms with Crippen molar-refractivity contribution >= 4 is 35.7 Å². The molecule has 1 aliphatic rings. The molecule has 0 aliphatic carbocycles. The monoisotopic (exact) mass is 575 g/mol. The van der Waals surface area contributed by atoms with Gasteiger partial charge in [-0.1, -0.05) is 12.1 Å². The minimum absolute atomic E-state index is 0. The van der Waals surface area contributed by atoms with Gasteiger partial charge in [0.05, 0.1) is 5.56 Å². The molecule has 4 aromatic carbocycles. The zero-order valence-electron chi connectivity index (χ0n) is 22.3. The Hall–Kier alpha value is -4.40. The molecule has 0 aromatic heterocycles. The predicted octanol–water partition coefficient (Wildman–Crippen LogP) is 7.07. The molecule has 7 nitrogen and oxygen atoms in total. The third-order valence-corrected chi connectivity index (χ3v) is 6.87. The molecular formula is C32H31ClFN3O4. The molecule has 1 aliphatic heterocycles. The normalized spacial score (nSPS) is 13.6. The van der Waals surface area contributed by atoms with Gasteiger partial charge in [-0.05, 0) is 103 Å². The maximum absolute atomic E-state index is 13.1. The molecule has 1 fully saturated rings. The number of piperidine rings is 1. The number of hydrogen-bond acceptors (Lipinski definition) is 5.